The largest absolute Gasteiger partial charge is 1.00 e. The normalized spacial score (nSPS) is 18.9. The smallest absolute Gasteiger partial charge is 0.592 e. The molecule has 8 aliphatic rings. The van der Waals surface area contributed by atoms with Crippen LogP contribution < -0.4 is 24.3 Å². The van der Waals surface area contributed by atoms with Crippen molar-refractivity contribution in [3.05, 3.63) is 125 Å². The Balaban J connectivity index is 0.000000134. The van der Waals surface area contributed by atoms with Crippen LogP contribution in [0.1, 0.15) is 126 Å². The number of nitrogens with one attached hydrogen (secondary N) is 1. The van der Waals surface area contributed by atoms with Gasteiger partial charge in [-0.1, -0.05) is 106 Å². The first kappa shape index (κ1) is 81.2. The molecule has 5 saturated heterocycles. The van der Waals surface area contributed by atoms with E-state index in [4.69, 9.17) is 44.1 Å². The van der Waals surface area contributed by atoms with Crippen LogP contribution in [0.4, 0.5) is 26.5 Å². The fraction of sp³-hybridized carbons (Fsp3) is 0.531. The third kappa shape index (κ3) is 19.6. The molecule has 11 heterocycles. The molecule has 574 valence electrons. The summed E-state index contributed by atoms with van der Waals surface area (Å²) in [7, 11) is -2.38. The van der Waals surface area contributed by atoms with Gasteiger partial charge in [-0.15, -0.1) is 34.0 Å². The third-order valence-corrected chi connectivity index (χ3v) is 31.1. The lowest BCUT2D eigenvalue weighted by Gasteiger charge is -2.37. The maximum absolute atomic E-state index is 12.1. The molecule has 5 fully saturated rings. The topological polar surface area (TPSA) is 163 Å². The number of hydrogen-bond acceptors (Lipinski definition) is 18. The number of aryl methyl sites for hydroxylation is 2. The Morgan fingerprint density at radius 3 is 1.39 bits per heavy atom. The number of aromatic nitrogens is 6. The van der Waals surface area contributed by atoms with Gasteiger partial charge in [0, 0.05) is 100 Å². The average Bonchev–Trinajstić information content (AvgIpc) is 1.67. The van der Waals surface area contributed by atoms with E-state index in [1.54, 1.807) is 47.9 Å². The summed E-state index contributed by atoms with van der Waals surface area (Å²) in [4.78, 5) is 40.3. The highest BCUT2D eigenvalue weighted by atomic mass is 79.9. The van der Waals surface area contributed by atoms with Gasteiger partial charge in [0.1, 0.15) is 17.5 Å². The first-order valence-electron chi connectivity index (χ1n) is 38.8. The van der Waals surface area contributed by atoms with Crippen LogP contribution >= 0.6 is 65.9 Å². The molecule has 0 unspecified atom stereocenters. The molecule has 0 amide bonds. The summed E-state index contributed by atoms with van der Waals surface area (Å²) in [6, 6.07) is 24.4. The zero-order valence-electron chi connectivity index (χ0n) is 63.2. The highest BCUT2D eigenvalue weighted by molar-refractivity contribution is 9.11. The lowest BCUT2D eigenvalue weighted by molar-refractivity contribution is -0.897. The lowest BCUT2D eigenvalue weighted by atomic mass is 9.82. The summed E-state index contributed by atoms with van der Waals surface area (Å²) in [6.45, 7) is 28.4. The van der Waals surface area contributed by atoms with Gasteiger partial charge in [-0.05, 0) is 181 Å². The molecule has 6 aromatic heterocycles. The third-order valence-electron chi connectivity index (χ3n) is 22.8. The minimum Gasteiger partial charge on any atom is -1.00 e. The van der Waals surface area contributed by atoms with E-state index in [9.17, 15) is 18.8 Å². The van der Waals surface area contributed by atoms with Crippen LogP contribution in [-0.4, -0.2) is 184 Å². The minimum absolute atomic E-state index is 0. The molecule has 0 spiro atoms. The number of thiophene rings is 3. The quantitative estimate of drug-likeness (QED) is 0.0831. The highest BCUT2D eigenvalue weighted by Crippen LogP contribution is 2.44. The molecule has 16 nitrogen and oxygen atoms in total. The Morgan fingerprint density at radius 2 is 0.953 bits per heavy atom. The Kier molecular flexibility index (Phi) is 28.3. The number of benzene rings is 3. The molecule has 107 heavy (non-hydrogen) atoms. The summed E-state index contributed by atoms with van der Waals surface area (Å²) in [5.74, 6) is 3.10. The molecule has 3 aromatic carbocycles. The molecule has 17 rings (SSSR count). The molecule has 3 N–H and O–H groups in total. The van der Waals surface area contributed by atoms with Gasteiger partial charge in [0.15, 0.2) is 0 Å². The number of quaternary nitrogens is 1. The van der Waals surface area contributed by atoms with E-state index in [0.29, 0.717) is 5.92 Å². The molecule has 3 aliphatic carbocycles. The van der Waals surface area contributed by atoms with Crippen molar-refractivity contribution in [2.24, 2.45) is 11.8 Å². The first-order chi connectivity index (χ1) is 51.3. The van der Waals surface area contributed by atoms with Gasteiger partial charge in [-0.25, -0.2) is 29.9 Å². The van der Waals surface area contributed by atoms with Crippen molar-refractivity contribution in [2.75, 3.05) is 126 Å². The van der Waals surface area contributed by atoms with E-state index < -0.39 is 18.5 Å². The van der Waals surface area contributed by atoms with Crippen LogP contribution in [0, 0.1) is 11.8 Å². The molecule has 5 aliphatic heterocycles. The SMILES string of the molecule is Brc1csc2c(-c3cccc4c3C=CC4)nc(N3CCOCC3)nc12.Brc1csc2c(-c3cccc4c3CCC4)nc(N3CCOCC3)nc12.CC(C)(O)C1CCN(Cc2csc3c(-c4cccc5c4CCC5)nc(N4CCOCC4)nc23)CC1.CC(C)(O)C1CC[NH+](CB(F)F)CC1.CC[SiH](CC)CC.[F-]. The van der Waals surface area contributed by atoms with E-state index in [0.717, 1.165) is 227 Å². The highest BCUT2D eigenvalue weighted by Gasteiger charge is 2.36. The van der Waals surface area contributed by atoms with Crippen molar-refractivity contribution < 1.29 is 42.7 Å². The number of hydrogen-bond donors (Lipinski definition) is 3. The van der Waals surface area contributed by atoms with Crippen molar-refractivity contribution in [1.29, 1.82) is 0 Å². The molecular weight excluding hydrogens is 1560 g/mol. The van der Waals surface area contributed by atoms with Crippen LogP contribution in [0.15, 0.2) is 85.8 Å². The van der Waals surface area contributed by atoms with Crippen LogP contribution in [-0.2, 0) is 52.9 Å². The van der Waals surface area contributed by atoms with E-state index in [-0.39, 0.29) is 25.9 Å². The summed E-state index contributed by atoms with van der Waals surface area (Å²) in [5.41, 5.74) is 18.7. The fourth-order valence-corrected chi connectivity index (χ4v) is 22.2. The Hall–Kier alpha value is -5.33. The second-order valence-electron chi connectivity index (χ2n) is 30.5. The lowest BCUT2D eigenvalue weighted by Crippen LogP contribution is -3.14. The van der Waals surface area contributed by atoms with Crippen molar-refractivity contribution in [3.63, 3.8) is 0 Å². The number of nitrogens with zero attached hydrogens (tertiary/aromatic N) is 10. The number of piperidine rings is 2. The van der Waals surface area contributed by atoms with Gasteiger partial charge < -0.3 is 48.7 Å². The van der Waals surface area contributed by atoms with Crippen LogP contribution in [0.25, 0.3) is 70.5 Å². The van der Waals surface area contributed by atoms with E-state index in [1.165, 1.54) is 109 Å². The summed E-state index contributed by atoms with van der Waals surface area (Å²) in [6.07, 6.45) is 16.3. The molecule has 0 radical (unpaired) electrons. The second-order valence-corrected chi connectivity index (χ2v) is 39.1. The molecule has 9 aromatic rings. The number of morpholine rings is 3. The summed E-state index contributed by atoms with van der Waals surface area (Å²) < 4.78 is 46.3. The maximum atomic E-state index is 12.1. The van der Waals surface area contributed by atoms with Gasteiger partial charge >= 0.3 is 7.27 Å². The fourth-order valence-electron chi connectivity index (χ4n) is 16.3. The Morgan fingerprint density at radius 1 is 0.542 bits per heavy atom. The van der Waals surface area contributed by atoms with E-state index in [1.807, 2.05) is 13.8 Å². The van der Waals surface area contributed by atoms with Gasteiger partial charge in [-0.3, -0.25) is 13.5 Å². The predicted molar refractivity (Wildman–Crippen MR) is 445 cm³/mol. The number of halogens is 5. The van der Waals surface area contributed by atoms with Crippen LogP contribution in [0.5, 0.6) is 0 Å². The molecule has 0 bridgehead atoms. The molecule has 0 atom stereocenters. The number of allylic oxidation sites excluding steroid dienone is 1. The zero-order valence-corrected chi connectivity index (χ0v) is 70.0. The van der Waals surface area contributed by atoms with Gasteiger partial charge in [0.2, 0.25) is 17.8 Å². The van der Waals surface area contributed by atoms with Gasteiger partial charge in [0.05, 0.1) is 110 Å². The van der Waals surface area contributed by atoms with Crippen molar-refractivity contribution in [1.82, 2.24) is 34.8 Å². The number of aliphatic hydroxyl groups is 2. The number of anilines is 3. The number of likely N-dealkylation sites (tertiary alicyclic amines) is 2. The molecule has 0 saturated carbocycles. The average molecular weight is 1660 g/mol. The van der Waals surface area contributed by atoms with Gasteiger partial charge in [-0.2, -0.15) is 0 Å². The van der Waals surface area contributed by atoms with Crippen LogP contribution in [0.2, 0.25) is 18.1 Å². The van der Waals surface area contributed by atoms with Crippen LogP contribution in [0.3, 0.4) is 0 Å². The van der Waals surface area contributed by atoms with Gasteiger partial charge in [0.25, 0.3) is 0 Å². The maximum Gasteiger partial charge on any atom is 0.592 e. The number of rotatable bonds is 15. The summed E-state index contributed by atoms with van der Waals surface area (Å²) >= 11 is 12.5. The minimum atomic E-state index is -2.20. The zero-order chi connectivity index (χ0) is 74.1. The molecule has 26 heteroatoms. The monoisotopic (exact) mass is 1660 g/mol. The number of ether oxygens (including phenoxy) is 3. The van der Waals surface area contributed by atoms with E-state index >= 15 is 0 Å². The Labute approximate surface area is 660 Å². The summed E-state index contributed by atoms with van der Waals surface area (Å²) in [5, 5.41) is 26.7. The molecular formula is C81H105BBr2F3N11O5S3Si. The van der Waals surface area contributed by atoms with E-state index in [2.05, 4.69) is 155 Å². The predicted octanol–water partition coefficient (Wildman–Crippen LogP) is 12.9. The number of fused-ring (bicyclic) bond motifs is 6. The second kappa shape index (κ2) is 37.3. The van der Waals surface area contributed by atoms with Crippen molar-refractivity contribution in [3.8, 4) is 33.8 Å². The Bertz CT molecular complexity index is 4450. The van der Waals surface area contributed by atoms with Crippen molar-refractivity contribution >= 4 is 137 Å². The first-order valence-corrected chi connectivity index (χ1v) is 45.5. The standard InChI is InChI=1S/C28H36N4O2S.C19H18BrN3OS.C19H16BrN3OS.C9H18BF2NO.C6H16Si.FH/c1-28(2,33)21-9-11-31(12-10-21)17-20-18-35-26-24(20)29-27(32-13-15-34-16-14-32)30-25(26)23-8-4-6-19-5-3-7-22(19)23;2*20-15-11-25-18-16(14-6-2-4-12-3-1-5-13(12)14)21-19(22-17(15)18)23-7-9-24-10-8-23;1-9(2,14)8-3-5-13(6-4-8)7-10(11)12;1-4-7(5-2)6-3;/h4,6,8,18,21,33H,3,5,7,9-17H2,1-2H3;2,4,6,11H,1,3,5,7-10H2;1-2,4-6,11H,3,7-10H2;8,14H,3-7H2,1-2H3;7H,4-6H2,1-3H3;1H. The van der Waals surface area contributed by atoms with Crippen molar-refractivity contribution in [2.45, 2.75) is 155 Å².